The molecule has 7 nitrogen and oxygen atoms in total. The summed E-state index contributed by atoms with van der Waals surface area (Å²) in [6.07, 6.45) is 1.39. The third-order valence-electron chi connectivity index (χ3n) is 5.55. The maximum absolute atomic E-state index is 12.7. The number of hydrogen-bond acceptors (Lipinski definition) is 6. The van der Waals surface area contributed by atoms with Crippen molar-refractivity contribution in [2.24, 2.45) is 0 Å². The van der Waals surface area contributed by atoms with Crippen LogP contribution in [-0.4, -0.2) is 59.3 Å². The maximum atomic E-state index is 12.7. The summed E-state index contributed by atoms with van der Waals surface area (Å²) in [6.45, 7) is 11.6. The Morgan fingerprint density at radius 3 is 2.34 bits per heavy atom. The minimum absolute atomic E-state index is 0.0169. The molecule has 0 saturated carbocycles. The second kappa shape index (κ2) is 11.1. The molecule has 0 aliphatic carbocycles. The van der Waals surface area contributed by atoms with Gasteiger partial charge in [0.2, 0.25) is 5.91 Å². The molecule has 1 fully saturated rings. The van der Waals surface area contributed by atoms with E-state index in [9.17, 15) is 9.59 Å². The van der Waals surface area contributed by atoms with Crippen LogP contribution in [0.3, 0.4) is 0 Å². The monoisotopic (exact) mass is 438 g/mol. The van der Waals surface area contributed by atoms with Crippen LogP contribution in [0, 0.1) is 6.92 Å². The first kappa shape index (κ1) is 23.7. The van der Waals surface area contributed by atoms with Gasteiger partial charge in [0.1, 0.15) is 17.4 Å². The zero-order valence-electron chi connectivity index (χ0n) is 19.6. The molecule has 0 unspecified atom stereocenters. The molecule has 3 rings (SSSR count). The maximum Gasteiger partial charge on any atom is 0.223 e. The van der Waals surface area contributed by atoms with Gasteiger partial charge in [0.05, 0.1) is 6.61 Å². The summed E-state index contributed by atoms with van der Waals surface area (Å²) >= 11 is 0. The van der Waals surface area contributed by atoms with Crippen LogP contribution >= 0.6 is 0 Å². The van der Waals surface area contributed by atoms with E-state index >= 15 is 0 Å². The van der Waals surface area contributed by atoms with Gasteiger partial charge in [-0.15, -0.1) is 0 Å². The molecule has 0 bridgehead atoms. The van der Waals surface area contributed by atoms with E-state index < -0.39 is 0 Å². The number of carbonyl (C=O) groups is 2. The van der Waals surface area contributed by atoms with Gasteiger partial charge in [0.15, 0.2) is 5.78 Å². The molecule has 0 atom stereocenters. The van der Waals surface area contributed by atoms with Crippen molar-refractivity contribution >= 4 is 17.5 Å². The molecule has 0 N–H and O–H groups in total. The highest BCUT2D eigenvalue weighted by atomic mass is 16.5. The Labute approximate surface area is 190 Å². The molecule has 0 radical (unpaired) electrons. The highest BCUT2D eigenvalue weighted by Gasteiger charge is 2.23. The second-order valence-electron chi connectivity index (χ2n) is 8.54. The Morgan fingerprint density at radius 1 is 1.03 bits per heavy atom. The molecule has 1 aliphatic heterocycles. The number of benzene rings is 1. The van der Waals surface area contributed by atoms with E-state index in [0.717, 1.165) is 42.6 Å². The molecule has 0 spiro atoms. The predicted molar refractivity (Wildman–Crippen MR) is 125 cm³/mol. The summed E-state index contributed by atoms with van der Waals surface area (Å²) in [6, 6.07) is 9.16. The minimum atomic E-state index is -0.0169. The summed E-state index contributed by atoms with van der Waals surface area (Å²) < 4.78 is 5.55. The Hall–Kier alpha value is -2.96. The van der Waals surface area contributed by atoms with Crippen LogP contribution in [0.1, 0.15) is 67.8 Å². The normalized spacial score (nSPS) is 14.0. The van der Waals surface area contributed by atoms with Crippen LogP contribution in [0.5, 0.6) is 5.75 Å². The Morgan fingerprint density at radius 2 is 1.72 bits per heavy atom. The van der Waals surface area contributed by atoms with Gasteiger partial charge in [-0.3, -0.25) is 9.59 Å². The van der Waals surface area contributed by atoms with Crippen molar-refractivity contribution in [2.75, 3.05) is 37.7 Å². The van der Waals surface area contributed by atoms with Crippen molar-refractivity contribution in [1.82, 2.24) is 14.9 Å². The lowest BCUT2D eigenvalue weighted by Crippen LogP contribution is -2.49. The first-order valence-corrected chi connectivity index (χ1v) is 11.5. The molecule has 2 heterocycles. The highest BCUT2D eigenvalue weighted by Crippen LogP contribution is 2.19. The van der Waals surface area contributed by atoms with Gasteiger partial charge in [0.25, 0.3) is 0 Å². The van der Waals surface area contributed by atoms with Crippen LogP contribution in [0.25, 0.3) is 0 Å². The fourth-order valence-corrected chi connectivity index (χ4v) is 3.66. The molecular weight excluding hydrogens is 404 g/mol. The van der Waals surface area contributed by atoms with Gasteiger partial charge in [-0.2, -0.15) is 0 Å². The van der Waals surface area contributed by atoms with Crippen LogP contribution in [0.15, 0.2) is 30.3 Å². The average Bonchev–Trinajstić information content (AvgIpc) is 2.81. The number of carbonyl (C=O) groups excluding carboxylic acids is 2. The topological polar surface area (TPSA) is 75.6 Å². The fourth-order valence-electron chi connectivity index (χ4n) is 3.66. The van der Waals surface area contributed by atoms with Crippen LogP contribution in [0.4, 0.5) is 5.82 Å². The number of nitrogens with zero attached hydrogens (tertiary/aromatic N) is 4. The summed E-state index contributed by atoms with van der Waals surface area (Å²) in [4.78, 5) is 38.4. The van der Waals surface area contributed by atoms with Gasteiger partial charge in [-0.1, -0.05) is 20.8 Å². The van der Waals surface area contributed by atoms with Crippen LogP contribution < -0.4 is 9.64 Å². The number of anilines is 1. The summed E-state index contributed by atoms with van der Waals surface area (Å²) in [5.74, 6) is 2.82. The summed E-state index contributed by atoms with van der Waals surface area (Å²) in [5.41, 5.74) is 1.58. The third-order valence-corrected chi connectivity index (χ3v) is 5.55. The van der Waals surface area contributed by atoms with Crippen molar-refractivity contribution in [3.8, 4) is 5.75 Å². The number of ketones is 1. The number of piperazine rings is 1. The van der Waals surface area contributed by atoms with E-state index in [1.165, 1.54) is 0 Å². The highest BCUT2D eigenvalue weighted by molar-refractivity contribution is 5.98. The van der Waals surface area contributed by atoms with Crippen molar-refractivity contribution in [3.05, 3.63) is 47.4 Å². The number of hydrogen-bond donors (Lipinski definition) is 0. The second-order valence-corrected chi connectivity index (χ2v) is 8.54. The molecule has 1 saturated heterocycles. The van der Waals surface area contributed by atoms with Crippen LogP contribution in [0.2, 0.25) is 0 Å². The van der Waals surface area contributed by atoms with Crippen molar-refractivity contribution in [1.29, 1.82) is 0 Å². The first-order chi connectivity index (χ1) is 15.4. The van der Waals surface area contributed by atoms with Crippen molar-refractivity contribution < 1.29 is 14.3 Å². The number of ether oxygens (including phenoxy) is 1. The zero-order valence-corrected chi connectivity index (χ0v) is 19.6. The van der Waals surface area contributed by atoms with E-state index in [4.69, 9.17) is 9.72 Å². The lowest BCUT2D eigenvalue weighted by atomic mass is 10.1. The average molecular weight is 439 g/mol. The smallest absolute Gasteiger partial charge is 0.223 e. The molecule has 1 aromatic carbocycles. The molecule has 7 heteroatoms. The number of rotatable bonds is 9. The van der Waals surface area contributed by atoms with Crippen LogP contribution in [-0.2, 0) is 4.79 Å². The number of amides is 1. The Bertz CT molecular complexity index is 919. The largest absolute Gasteiger partial charge is 0.494 e. The summed E-state index contributed by atoms with van der Waals surface area (Å²) in [7, 11) is 0. The van der Waals surface area contributed by atoms with E-state index in [2.05, 4.69) is 23.7 Å². The molecular formula is C25H34N4O3. The van der Waals surface area contributed by atoms with Gasteiger partial charge < -0.3 is 14.5 Å². The lowest BCUT2D eigenvalue weighted by Gasteiger charge is -2.35. The fraction of sp³-hybridized carbons (Fsp3) is 0.520. The Kier molecular flexibility index (Phi) is 8.20. The van der Waals surface area contributed by atoms with Crippen molar-refractivity contribution in [2.45, 2.75) is 52.9 Å². The lowest BCUT2D eigenvalue weighted by molar-refractivity contribution is -0.131. The van der Waals surface area contributed by atoms with E-state index in [-0.39, 0.29) is 30.4 Å². The molecule has 1 amide bonds. The quantitative estimate of drug-likeness (QED) is 0.551. The SMILES string of the molecule is CCCOc1ccc(C(=O)CCC(=O)N2CCN(c3cc(C)nc(C(C)C)n3)CC2)cc1. The summed E-state index contributed by atoms with van der Waals surface area (Å²) in [5, 5.41) is 0. The van der Waals surface area contributed by atoms with E-state index in [1.807, 2.05) is 36.9 Å². The number of aromatic nitrogens is 2. The predicted octanol–water partition coefficient (Wildman–Crippen LogP) is 4.01. The standard InChI is InChI=1S/C25H34N4O3/c1-5-16-32-21-8-6-20(7-9-21)22(30)10-11-24(31)29-14-12-28(13-15-29)23-17-19(4)26-25(27-23)18(2)3/h6-9,17-18H,5,10-16H2,1-4H3. The molecule has 2 aromatic rings. The molecule has 1 aliphatic rings. The van der Waals surface area contributed by atoms with Gasteiger partial charge >= 0.3 is 0 Å². The molecule has 1 aromatic heterocycles. The third kappa shape index (κ3) is 6.28. The molecule has 172 valence electrons. The first-order valence-electron chi connectivity index (χ1n) is 11.5. The van der Waals surface area contributed by atoms with Gasteiger partial charge in [0, 0.05) is 62.3 Å². The Balaban J connectivity index is 1.48. The van der Waals surface area contributed by atoms with E-state index in [0.29, 0.717) is 25.3 Å². The van der Waals surface area contributed by atoms with Gasteiger partial charge in [-0.05, 0) is 37.6 Å². The zero-order chi connectivity index (χ0) is 23.1. The van der Waals surface area contributed by atoms with Crippen molar-refractivity contribution in [3.63, 3.8) is 0 Å². The number of aryl methyl sites for hydroxylation is 1. The van der Waals surface area contributed by atoms with E-state index in [1.54, 1.807) is 12.1 Å². The minimum Gasteiger partial charge on any atom is -0.494 e. The number of Topliss-reactive ketones (excluding diaryl/α,β-unsaturated/α-hetero) is 1. The van der Waals surface area contributed by atoms with Gasteiger partial charge in [-0.25, -0.2) is 9.97 Å². The molecule has 32 heavy (non-hydrogen) atoms.